The summed E-state index contributed by atoms with van der Waals surface area (Å²) in [4.78, 5) is 29.7. The standard InChI is InChI=1S/C20H21N3O4/c1-13(15-4-3-7-22-12-15)10-17(21)20(25)23-8-9-26-19-6-5-16(11-18(19)23)27-14(2)24/h3-7,11-13,21H,8-10H2,1-2H3. The van der Waals surface area contributed by atoms with Crippen LogP contribution in [0.1, 0.15) is 31.7 Å². The van der Waals surface area contributed by atoms with Crippen molar-refractivity contribution in [2.75, 3.05) is 18.1 Å². The summed E-state index contributed by atoms with van der Waals surface area (Å²) in [5, 5.41) is 8.28. The van der Waals surface area contributed by atoms with Crippen LogP contribution in [0.2, 0.25) is 0 Å². The van der Waals surface area contributed by atoms with Crippen molar-refractivity contribution in [3.05, 3.63) is 48.3 Å². The number of ether oxygens (including phenoxy) is 2. The second-order valence-electron chi connectivity index (χ2n) is 6.40. The lowest BCUT2D eigenvalue weighted by atomic mass is 9.96. The van der Waals surface area contributed by atoms with Gasteiger partial charge in [-0.3, -0.25) is 20.0 Å². The van der Waals surface area contributed by atoms with Gasteiger partial charge in [0.2, 0.25) is 0 Å². The molecule has 2 heterocycles. The van der Waals surface area contributed by atoms with Gasteiger partial charge in [0.1, 0.15) is 18.1 Å². The third kappa shape index (κ3) is 4.31. The third-order valence-electron chi connectivity index (χ3n) is 4.32. The van der Waals surface area contributed by atoms with Gasteiger partial charge < -0.3 is 14.4 Å². The zero-order chi connectivity index (χ0) is 19.4. The Hall–Kier alpha value is -3.22. The lowest BCUT2D eigenvalue weighted by Gasteiger charge is -2.30. The highest BCUT2D eigenvalue weighted by Gasteiger charge is 2.28. The van der Waals surface area contributed by atoms with E-state index in [1.165, 1.54) is 11.8 Å². The average molecular weight is 367 g/mol. The first-order chi connectivity index (χ1) is 13.0. The van der Waals surface area contributed by atoms with Crippen molar-refractivity contribution in [2.45, 2.75) is 26.2 Å². The summed E-state index contributed by atoms with van der Waals surface area (Å²) in [7, 11) is 0. The smallest absolute Gasteiger partial charge is 0.308 e. The first kappa shape index (κ1) is 18.6. The number of aromatic nitrogens is 1. The van der Waals surface area contributed by atoms with Crippen molar-refractivity contribution in [1.29, 1.82) is 5.41 Å². The molecule has 2 aromatic rings. The zero-order valence-electron chi connectivity index (χ0n) is 15.3. The van der Waals surface area contributed by atoms with Gasteiger partial charge in [0, 0.05) is 31.8 Å². The van der Waals surface area contributed by atoms with Gasteiger partial charge in [-0.2, -0.15) is 0 Å². The van der Waals surface area contributed by atoms with Gasteiger partial charge in [0.05, 0.1) is 17.9 Å². The Morgan fingerprint density at radius 1 is 1.37 bits per heavy atom. The van der Waals surface area contributed by atoms with E-state index in [-0.39, 0.29) is 17.5 Å². The van der Waals surface area contributed by atoms with Crippen LogP contribution in [-0.4, -0.2) is 35.7 Å². The van der Waals surface area contributed by atoms with Crippen LogP contribution in [0.5, 0.6) is 11.5 Å². The van der Waals surface area contributed by atoms with E-state index in [0.29, 0.717) is 36.8 Å². The van der Waals surface area contributed by atoms with Gasteiger partial charge in [-0.05, 0) is 29.7 Å². The van der Waals surface area contributed by atoms with Crippen LogP contribution >= 0.6 is 0 Å². The number of rotatable bonds is 5. The summed E-state index contributed by atoms with van der Waals surface area (Å²) in [6, 6.07) is 8.64. The normalized spacial score (nSPS) is 13.9. The topological polar surface area (TPSA) is 92.6 Å². The maximum absolute atomic E-state index is 12.9. The van der Waals surface area contributed by atoms with Crippen LogP contribution < -0.4 is 14.4 Å². The molecule has 0 spiro atoms. The molecule has 1 amide bonds. The number of fused-ring (bicyclic) bond motifs is 1. The molecule has 1 unspecified atom stereocenters. The summed E-state index contributed by atoms with van der Waals surface area (Å²) >= 11 is 0. The van der Waals surface area contributed by atoms with E-state index in [9.17, 15) is 9.59 Å². The fourth-order valence-corrected chi connectivity index (χ4v) is 2.98. The Labute approximate surface area is 157 Å². The fourth-order valence-electron chi connectivity index (χ4n) is 2.98. The summed E-state index contributed by atoms with van der Waals surface area (Å²) in [5.74, 6) is 0.0410. The first-order valence-corrected chi connectivity index (χ1v) is 8.70. The molecule has 27 heavy (non-hydrogen) atoms. The quantitative estimate of drug-likeness (QED) is 0.498. The summed E-state index contributed by atoms with van der Waals surface area (Å²) < 4.78 is 10.7. The molecule has 1 aromatic carbocycles. The van der Waals surface area contributed by atoms with Crippen molar-refractivity contribution in [3.63, 3.8) is 0 Å². The summed E-state index contributed by atoms with van der Waals surface area (Å²) in [6.07, 6.45) is 3.75. The van der Waals surface area contributed by atoms with Crippen molar-refractivity contribution < 1.29 is 19.1 Å². The Bertz CT molecular complexity index is 867. The van der Waals surface area contributed by atoms with Crippen LogP contribution in [0, 0.1) is 5.41 Å². The molecule has 0 bridgehead atoms. The molecule has 1 aliphatic heterocycles. The van der Waals surface area contributed by atoms with Gasteiger partial charge in [-0.25, -0.2) is 0 Å². The molecule has 1 aliphatic rings. The van der Waals surface area contributed by atoms with E-state index in [2.05, 4.69) is 4.98 Å². The molecular weight excluding hydrogens is 346 g/mol. The number of hydrogen-bond acceptors (Lipinski definition) is 6. The van der Waals surface area contributed by atoms with Crippen LogP contribution in [-0.2, 0) is 9.59 Å². The Balaban J connectivity index is 1.77. The molecule has 0 aliphatic carbocycles. The monoisotopic (exact) mass is 367 g/mol. The van der Waals surface area contributed by atoms with Gasteiger partial charge in [0.25, 0.3) is 5.91 Å². The third-order valence-corrected chi connectivity index (χ3v) is 4.32. The zero-order valence-corrected chi connectivity index (χ0v) is 15.3. The molecule has 140 valence electrons. The lowest BCUT2D eigenvalue weighted by molar-refractivity contribution is -0.131. The molecular formula is C20H21N3O4. The van der Waals surface area contributed by atoms with E-state index in [1.54, 1.807) is 30.6 Å². The molecule has 0 fully saturated rings. The largest absolute Gasteiger partial charge is 0.490 e. The molecule has 7 heteroatoms. The second kappa shape index (κ2) is 7.99. The van der Waals surface area contributed by atoms with E-state index in [1.807, 2.05) is 19.1 Å². The predicted molar refractivity (Wildman–Crippen MR) is 101 cm³/mol. The predicted octanol–water partition coefficient (Wildman–Crippen LogP) is 2.95. The van der Waals surface area contributed by atoms with Crippen molar-refractivity contribution in [1.82, 2.24) is 4.98 Å². The van der Waals surface area contributed by atoms with Crippen LogP contribution in [0.3, 0.4) is 0 Å². The SMILES string of the molecule is CC(=O)Oc1ccc2c(c1)N(C(=O)C(=N)CC(C)c1cccnc1)CCO2. The van der Waals surface area contributed by atoms with Crippen LogP contribution in [0.15, 0.2) is 42.7 Å². The number of amides is 1. The molecule has 0 radical (unpaired) electrons. The number of carbonyl (C=O) groups is 2. The van der Waals surface area contributed by atoms with Gasteiger partial charge in [-0.1, -0.05) is 13.0 Å². The lowest BCUT2D eigenvalue weighted by Crippen LogP contribution is -2.42. The Morgan fingerprint density at radius 3 is 2.89 bits per heavy atom. The molecule has 0 saturated heterocycles. The van der Waals surface area contributed by atoms with E-state index in [4.69, 9.17) is 14.9 Å². The second-order valence-corrected chi connectivity index (χ2v) is 6.40. The number of benzene rings is 1. The maximum atomic E-state index is 12.9. The minimum Gasteiger partial charge on any atom is -0.490 e. The Morgan fingerprint density at radius 2 is 2.19 bits per heavy atom. The number of nitrogens with one attached hydrogen (secondary N) is 1. The van der Waals surface area contributed by atoms with Gasteiger partial charge >= 0.3 is 5.97 Å². The molecule has 1 aromatic heterocycles. The Kier molecular flexibility index (Phi) is 5.49. The highest BCUT2D eigenvalue weighted by molar-refractivity contribution is 6.42. The number of esters is 1. The summed E-state index contributed by atoms with van der Waals surface area (Å²) in [5.41, 5.74) is 1.50. The highest BCUT2D eigenvalue weighted by atomic mass is 16.5. The van der Waals surface area contributed by atoms with E-state index < -0.39 is 5.97 Å². The van der Waals surface area contributed by atoms with Crippen molar-refractivity contribution >= 4 is 23.3 Å². The minimum atomic E-state index is -0.442. The first-order valence-electron chi connectivity index (χ1n) is 8.70. The highest BCUT2D eigenvalue weighted by Crippen LogP contribution is 2.35. The van der Waals surface area contributed by atoms with Crippen molar-refractivity contribution in [2.24, 2.45) is 0 Å². The summed E-state index contributed by atoms with van der Waals surface area (Å²) in [6.45, 7) is 3.95. The number of carbonyl (C=O) groups excluding carboxylic acids is 2. The van der Waals surface area contributed by atoms with Crippen LogP contribution in [0.25, 0.3) is 0 Å². The molecule has 1 atom stereocenters. The minimum absolute atomic E-state index is 0.00282. The number of pyridine rings is 1. The van der Waals surface area contributed by atoms with Gasteiger partial charge in [-0.15, -0.1) is 0 Å². The number of anilines is 1. The molecule has 3 rings (SSSR count). The molecule has 1 N–H and O–H groups in total. The van der Waals surface area contributed by atoms with Crippen molar-refractivity contribution in [3.8, 4) is 11.5 Å². The van der Waals surface area contributed by atoms with Crippen LogP contribution in [0.4, 0.5) is 5.69 Å². The number of hydrogen-bond donors (Lipinski definition) is 1. The fraction of sp³-hybridized carbons (Fsp3) is 0.300. The number of nitrogens with zero attached hydrogens (tertiary/aromatic N) is 2. The average Bonchev–Trinajstić information content (AvgIpc) is 2.67. The molecule has 7 nitrogen and oxygen atoms in total. The van der Waals surface area contributed by atoms with E-state index >= 15 is 0 Å². The van der Waals surface area contributed by atoms with E-state index in [0.717, 1.165) is 5.56 Å². The van der Waals surface area contributed by atoms with Gasteiger partial charge in [0.15, 0.2) is 0 Å². The maximum Gasteiger partial charge on any atom is 0.308 e. The molecule has 0 saturated carbocycles.